The van der Waals surface area contributed by atoms with Crippen LogP contribution in [0.2, 0.25) is 5.02 Å². The van der Waals surface area contributed by atoms with Crippen LogP contribution in [0.15, 0.2) is 35.7 Å². The number of benzene rings is 1. The molecule has 8 heteroatoms. The molecule has 0 radical (unpaired) electrons. The van der Waals surface area contributed by atoms with Gasteiger partial charge < -0.3 is 16.0 Å². The van der Waals surface area contributed by atoms with Gasteiger partial charge in [0.25, 0.3) is 11.8 Å². The molecule has 1 aromatic heterocycles. The van der Waals surface area contributed by atoms with Crippen LogP contribution in [0, 0.1) is 5.92 Å². The van der Waals surface area contributed by atoms with Crippen LogP contribution in [0.3, 0.4) is 0 Å². The SMILES string of the molecule is O=C(NCCNC(=O)C1CCCCC1)c1ccc(Cl)c(NC(=O)c2cccs2)c1. The second kappa shape index (κ2) is 10.4. The van der Waals surface area contributed by atoms with E-state index < -0.39 is 0 Å². The lowest BCUT2D eigenvalue weighted by Crippen LogP contribution is -2.38. The average Bonchev–Trinajstić information content (AvgIpc) is 3.28. The predicted molar refractivity (Wildman–Crippen MR) is 116 cm³/mol. The van der Waals surface area contributed by atoms with Crippen LogP contribution in [0.1, 0.15) is 52.1 Å². The summed E-state index contributed by atoms with van der Waals surface area (Å²) in [5.74, 6) is -0.390. The number of rotatable bonds is 7. The summed E-state index contributed by atoms with van der Waals surface area (Å²) >= 11 is 7.48. The summed E-state index contributed by atoms with van der Waals surface area (Å²) in [4.78, 5) is 37.3. The minimum Gasteiger partial charge on any atom is -0.354 e. The van der Waals surface area contributed by atoms with Gasteiger partial charge >= 0.3 is 0 Å². The number of amides is 3. The van der Waals surface area contributed by atoms with Crippen LogP contribution in [-0.2, 0) is 4.79 Å². The summed E-state index contributed by atoms with van der Waals surface area (Å²) in [6, 6.07) is 8.22. The van der Waals surface area contributed by atoms with E-state index in [0.717, 1.165) is 25.7 Å². The van der Waals surface area contributed by atoms with E-state index in [2.05, 4.69) is 16.0 Å². The van der Waals surface area contributed by atoms with Gasteiger partial charge in [0, 0.05) is 24.6 Å². The van der Waals surface area contributed by atoms with Crippen molar-refractivity contribution in [3.05, 3.63) is 51.2 Å². The lowest BCUT2D eigenvalue weighted by Gasteiger charge is -2.20. The Morgan fingerprint density at radius 3 is 2.48 bits per heavy atom. The maximum Gasteiger partial charge on any atom is 0.265 e. The van der Waals surface area contributed by atoms with E-state index >= 15 is 0 Å². The van der Waals surface area contributed by atoms with Crippen molar-refractivity contribution in [1.29, 1.82) is 0 Å². The Morgan fingerprint density at radius 2 is 1.76 bits per heavy atom. The van der Waals surface area contributed by atoms with Gasteiger partial charge in [0.1, 0.15) is 0 Å². The topological polar surface area (TPSA) is 87.3 Å². The molecule has 2 aromatic rings. The molecule has 1 saturated carbocycles. The summed E-state index contributed by atoms with van der Waals surface area (Å²) in [5, 5.41) is 10.6. The molecular weight excluding hydrogens is 410 g/mol. The monoisotopic (exact) mass is 433 g/mol. The number of hydrogen-bond acceptors (Lipinski definition) is 4. The molecule has 0 atom stereocenters. The second-order valence-corrected chi connectivity index (χ2v) is 8.36. The van der Waals surface area contributed by atoms with Gasteiger partial charge in [-0.3, -0.25) is 14.4 Å². The lowest BCUT2D eigenvalue weighted by molar-refractivity contribution is -0.125. The highest BCUT2D eigenvalue weighted by atomic mass is 35.5. The molecule has 1 aliphatic carbocycles. The zero-order chi connectivity index (χ0) is 20.6. The minimum atomic E-state index is -0.291. The molecule has 6 nitrogen and oxygen atoms in total. The molecule has 1 aliphatic rings. The zero-order valence-electron chi connectivity index (χ0n) is 16.0. The van der Waals surface area contributed by atoms with Crippen LogP contribution >= 0.6 is 22.9 Å². The molecule has 1 fully saturated rings. The highest BCUT2D eigenvalue weighted by Gasteiger charge is 2.20. The van der Waals surface area contributed by atoms with Gasteiger partial charge in [-0.05, 0) is 42.5 Å². The van der Waals surface area contributed by atoms with Crippen molar-refractivity contribution in [3.8, 4) is 0 Å². The summed E-state index contributed by atoms with van der Waals surface area (Å²) in [5.41, 5.74) is 0.762. The molecule has 3 amide bonds. The van der Waals surface area contributed by atoms with Crippen LogP contribution in [0.4, 0.5) is 5.69 Å². The maximum absolute atomic E-state index is 12.4. The quantitative estimate of drug-likeness (QED) is 0.575. The number of nitrogens with one attached hydrogen (secondary N) is 3. The van der Waals surface area contributed by atoms with Crippen molar-refractivity contribution >= 4 is 46.3 Å². The van der Waals surface area contributed by atoms with Gasteiger partial charge in [0.2, 0.25) is 5.91 Å². The van der Waals surface area contributed by atoms with E-state index in [1.54, 1.807) is 30.3 Å². The van der Waals surface area contributed by atoms with E-state index in [9.17, 15) is 14.4 Å². The Labute approximate surface area is 179 Å². The summed E-state index contributed by atoms with van der Waals surface area (Å²) in [6.45, 7) is 0.716. The average molecular weight is 434 g/mol. The van der Waals surface area contributed by atoms with Crippen molar-refractivity contribution in [1.82, 2.24) is 10.6 Å². The van der Waals surface area contributed by atoms with Gasteiger partial charge in [-0.15, -0.1) is 11.3 Å². The molecule has 0 spiro atoms. The molecule has 1 heterocycles. The molecule has 29 heavy (non-hydrogen) atoms. The Bertz CT molecular complexity index is 864. The van der Waals surface area contributed by atoms with E-state index in [0.29, 0.717) is 34.2 Å². The van der Waals surface area contributed by atoms with Gasteiger partial charge in [-0.25, -0.2) is 0 Å². The number of halogens is 1. The number of hydrogen-bond donors (Lipinski definition) is 3. The summed E-state index contributed by atoms with van der Waals surface area (Å²) in [7, 11) is 0. The van der Waals surface area contributed by atoms with Crippen LogP contribution in [-0.4, -0.2) is 30.8 Å². The number of anilines is 1. The Balaban J connectivity index is 1.49. The fourth-order valence-corrected chi connectivity index (χ4v) is 4.11. The molecule has 0 unspecified atom stereocenters. The molecule has 0 aliphatic heterocycles. The standard InChI is InChI=1S/C21H24ClN3O3S/c22-16-9-8-15(13-17(16)25-21(28)18-7-4-12-29-18)20(27)24-11-10-23-19(26)14-5-2-1-3-6-14/h4,7-9,12-14H,1-3,5-6,10-11H2,(H,23,26)(H,24,27)(H,25,28). The van der Waals surface area contributed by atoms with Gasteiger partial charge in [0.05, 0.1) is 15.6 Å². The summed E-state index contributed by atoms with van der Waals surface area (Å²) < 4.78 is 0. The largest absolute Gasteiger partial charge is 0.354 e. The molecule has 154 valence electrons. The summed E-state index contributed by atoms with van der Waals surface area (Å²) in [6.07, 6.45) is 5.32. The number of carbonyl (C=O) groups excluding carboxylic acids is 3. The maximum atomic E-state index is 12.4. The molecular formula is C21H24ClN3O3S. The Morgan fingerprint density at radius 1 is 1.00 bits per heavy atom. The third-order valence-electron chi connectivity index (χ3n) is 4.91. The molecule has 3 rings (SSSR count). The number of carbonyl (C=O) groups is 3. The van der Waals surface area contributed by atoms with E-state index in [4.69, 9.17) is 11.6 Å². The van der Waals surface area contributed by atoms with Crippen molar-refractivity contribution in [3.63, 3.8) is 0 Å². The van der Waals surface area contributed by atoms with E-state index in [1.165, 1.54) is 17.8 Å². The lowest BCUT2D eigenvalue weighted by atomic mass is 9.89. The Kier molecular flexibility index (Phi) is 7.66. The first kappa shape index (κ1) is 21.3. The predicted octanol–water partition coefficient (Wildman–Crippen LogP) is 4.08. The third-order valence-corrected chi connectivity index (χ3v) is 6.11. The van der Waals surface area contributed by atoms with Gasteiger partial charge in [-0.2, -0.15) is 0 Å². The van der Waals surface area contributed by atoms with Gasteiger partial charge in [-0.1, -0.05) is 36.9 Å². The van der Waals surface area contributed by atoms with Crippen molar-refractivity contribution in [2.75, 3.05) is 18.4 Å². The molecule has 1 aromatic carbocycles. The minimum absolute atomic E-state index is 0.0732. The highest BCUT2D eigenvalue weighted by molar-refractivity contribution is 7.12. The first-order valence-electron chi connectivity index (χ1n) is 9.75. The smallest absolute Gasteiger partial charge is 0.265 e. The van der Waals surface area contributed by atoms with Crippen LogP contribution in [0.25, 0.3) is 0 Å². The fourth-order valence-electron chi connectivity index (χ4n) is 3.33. The highest BCUT2D eigenvalue weighted by Crippen LogP contribution is 2.25. The molecule has 3 N–H and O–H groups in total. The fraction of sp³-hybridized carbons (Fsp3) is 0.381. The van der Waals surface area contributed by atoms with Crippen molar-refractivity contribution < 1.29 is 14.4 Å². The molecule has 0 bridgehead atoms. The van der Waals surface area contributed by atoms with Crippen LogP contribution in [0.5, 0.6) is 0 Å². The normalized spacial score (nSPS) is 14.2. The number of thiophene rings is 1. The zero-order valence-corrected chi connectivity index (χ0v) is 17.6. The third kappa shape index (κ3) is 6.05. The van der Waals surface area contributed by atoms with E-state index in [1.807, 2.05) is 5.38 Å². The van der Waals surface area contributed by atoms with E-state index in [-0.39, 0.29) is 23.6 Å². The first-order chi connectivity index (χ1) is 14.0. The first-order valence-corrected chi connectivity index (χ1v) is 11.0. The Hall–Kier alpha value is -2.38. The van der Waals surface area contributed by atoms with Crippen LogP contribution < -0.4 is 16.0 Å². The van der Waals surface area contributed by atoms with Crippen molar-refractivity contribution in [2.45, 2.75) is 32.1 Å². The second-order valence-electron chi connectivity index (χ2n) is 7.01. The van der Waals surface area contributed by atoms with Gasteiger partial charge in [0.15, 0.2) is 0 Å². The van der Waals surface area contributed by atoms with Crippen molar-refractivity contribution in [2.24, 2.45) is 5.92 Å². The molecule has 0 saturated heterocycles.